The van der Waals surface area contributed by atoms with Crippen LogP contribution in [0.4, 0.5) is 14.5 Å². The number of ketones is 1. The van der Waals surface area contributed by atoms with E-state index in [0.717, 1.165) is 6.07 Å². The minimum absolute atomic E-state index is 0.0460. The monoisotopic (exact) mass is 371 g/mol. The van der Waals surface area contributed by atoms with Crippen molar-refractivity contribution in [3.63, 3.8) is 0 Å². The van der Waals surface area contributed by atoms with Crippen LogP contribution in [-0.4, -0.2) is 23.9 Å². The molecule has 2 rings (SSSR count). The van der Waals surface area contributed by atoms with Gasteiger partial charge in [0.1, 0.15) is 11.5 Å². The Morgan fingerprint density at radius 3 is 2.52 bits per heavy atom. The predicted octanol–water partition coefficient (Wildman–Crippen LogP) is 4.42. The number of alkyl halides is 2. The van der Waals surface area contributed by atoms with Crippen molar-refractivity contribution in [2.24, 2.45) is 0 Å². The molecular weight excluding hydrogens is 360 g/mol. The van der Waals surface area contributed by atoms with Crippen molar-refractivity contribution in [3.05, 3.63) is 62.7 Å². The van der Waals surface area contributed by atoms with Crippen molar-refractivity contribution in [1.82, 2.24) is 0 Å². The molecule has 0 aromatic heterocycles. The summed E-state index contributed by atoms with van der Waals surface area (Å²) in [6.45, 7) is -1.88. The van der Waals surface area contributed by atoms with Crippen molar-refractivity contribution in [2.75, 3.05) is 6.61 Å². The highest BCUT2D eigenvalue weighted by molar-refractivity contribution is 6.32. The van der Waals surface area contributed by atoms with Gasteiger partial charge in [-0.3, -0.25) is 14.9 Å². The molecule has 0 radical (unpaired) electrons. The van der Waals surface area contributed by atoms with Gasteiger partial charge < -0.3 is 9.47 Å². The molecular formula is C16H12ClF2NO5. The van der Waals surface area contributed by atoms with Crippen molar-refractivity contribution in [3.8, 4) is 11.5 Å². The lowest BCUT2D eigenvalue weighted by Gasteiger charge is -2.12. The lowest BCUT2D eigenvalue weighted by atomic mass is 10.1. The second kappa shape index (κ2) is 7.89. The molecule has 9 heteroatoms. The molecule has 2 aromatic carbocycles. The number of aryl methyl sites for hydroxylation is 1. The van der Waals surface area contributed by atoms with Crippen LogP contribution in [0, 0.1) is 17.0 Å². The molecule has 0 aliphatic heterocycles. The first-order valence-corrected chi connectivity index (χ1v) is 7.31. The van der Waals surface area contributed by atoms with Crippen LogP contribution < -0.4 is 9.47 Å². The number of nitrogens with zero attached hydrogens (tertiary/aromatic N) is 1. The Kier molecular flexibility index (Phi) is 5.87. The van der Waals surface area contributed by atoms with Crippen LogP contribution in [0.2, 0.25) is 5.02 Å². The van der Waals surface area contributed by atoms with Crippen molar-refractivity contribution in [1.29, 1.82) is 0 Å². The fraction of sp³-hybridized carbons (Fsp3) is 0.188. The van der Waals surface area contributed by atoms with Crippen molar-refractivity contribution in [2.45, 2.75) is 13.5 Å². The van der Waals surface area contributed by atoms with Crippen LogP contribution in [0.25, 0.3) is 0 Å². The molecule has 0 atom stereocenters. The molecule has 0 aliphatic carbocycles. The SMILES string of the molecule is Cc1ccc(OC(F)F)c(C(=O)COc2ccc([N+](=O)[O-])cc2Cl)c1. The molecule has 0 fully saturated rings. The molecule has 25 heavy (non-hydrogen) atoms. The summed E-state index contributed by atoms with van der Waals surface area (Å²) in [6, 6.07) is 7.71. The fourth-order valence-corrected chi connectivity index (χ4v) is 2.23. The Bertz CT molecular complexity index is 813. The predicted molar refractivity (Wildman–Crippen MR) is 85.7 cm³/mol. The number of nitro groups is 1. The molecule has 6 nitrogen and oxygen atoms in total. The molecule has 0 spiro atoms. The summed E-state index contributed by atoms with van der Waals surface area (Å²) in [5.74, 6) is -0.803. The van der Waals surface area contributed by atoms with Gasteiger partial charge in [-0.05, 0) is 25.1 Å². The van der Waals surface area contributed by atoms with Gasteiger partial charge in [0.15, 0.2) is 6.61 Å². The van der Waals surface area contributed by atoms with Gasteiger partial charge in [0.25, 0.3) is 5.69 Å². The van der Waals surface area contributed by atoms with Gasteiger partial charge in [-0.25, -0.2) is 0 Å². The first-order valence-electron chi connectivity index (χ1n) is 6.93. The number of hydrogen-bond acceptors (Lipinski definition) is 5. The number of carbonyl (C=O) groups excluding carboxylic acids is 1. The van der Waals surface area contributed by atoms with Gasteiger partial charge in [-0.2, -0.15) is 8.78 Å². The van der Waals surface area contributed by atoms with Gasteiger partial charge in [0, 0.05) is 12.1 Å². The second-order valence-corrected chi connectivity index (χ2v) is 5.37. The van der Waals surface area contributed by atoms with Gasteiger partial charge >= 0.3 is 6.61 Å². The number of nitro benzene ring substituents is 1. The van der Waals surface area contributed by atoms with Crippen LogP contribution in [0.1, 0.15) is 15.9 Å². The number of hydrogen-bond donors (Lipinski definition) is 0. The maximum atomic E-state index is 12.4. The Morgan fingerprint density at radius 2 is 1.92 bits per heavy atom. The summed E-state index contributed by atoms with van der Waals surface area (Å²) < 4.78 is 34.4. The lowest BCUT2D eigenvalue weighted by molar-refractivity contribution is -0.384. The number of rotatable bonds is 7. The highest BCUT2D eigenvalue weighted by Gasteiger charge is 2.18. The normalized spacial score (nSPS) is 10.6. The third-order valence-corrected chi connectivity index (χ3v) is 3.43. The minimum atomic E-state index is -3.07. The Balaban J connectivity index is 2.15. The quantitative estimate of drug-likeness (QED) is 0.409. The number of Topliss-reactive ketones (excluding diaryl/α,β-unsaturated/α-hetero) is 1. The van der Waals surface area contributed by atoms with Gasteiger partial charge in [-0.15, -0.1) is 0 Å². The first-order chi connectivity index (χ1) is 11.8. The van der Waals surface area contributed by atoms with E-state index in [4.69, 9.17) is 16.3 Å². The van der Waals surface area contributed by atoms with Crippen LogP contribution in [0.15, 0.2) is 36.4 Å². The standard InChI is InChI=1S/C16H12ClF2NO5/c1-9-2-4-14(25-16(18)19)11(6-9)13(21)8-24-15-5-3-10(20(22)23)7-12(15)17/h2-7,16H,8H2,1H3. The third kappa shape index (κ3) is 4.87. The van der Waals surface area contributed by atoms with Gasteiger partial charge in [0.05, 0.1) is 15.5 Å². The second-order valence-electron chi connectivity index (χ2n) is 4.96. The minimum Gasteiger partial charge on any atom is -0.484 e. The summed E-state index contributed by atoms with van der Waals surface area (Å²) in [5, 5.41) is 10.6. The largest absolute Gasteiger partial charge is 0.484 e. The summed E-state index contributed by atoms with van der Waals surface area (Å²) in [4.78, 5) is 22.3. The zero-order chi connectivity index (χ0) is 18.6. The average molecular weight is 372 g/mol. The molecule has 0 bridgehead atoms. The van der Waals surface area contributed by atoms with Crippen LogP contribution >= 0.6 is 11.6 Å². The van der Waals surface area contributed by atoms with Crippen molar-refractivity contribution >= 4 is 23.1 Å². The zero-order valence-corrected chi connectivity index (χ0v) is 13.6. The van der Waals surface area contributed by atoms with E-state index in [1.807, 2.05) is 0 Å². The van der Waals surface area contributed by atoms with Crippen molar-refractivity contribution < 1.29 is 28.0 Å². The highest BCUT2D eigenvalue weighted by atomic mass is 35.5. The van der Waals surface area contributed by atoms with Gasteiger partial charge in [-0.1, -0.05) is 23.2 Å². The molecule has 132 valence electrons. The first kappa shape index (κ1) is 18.6. The van der Waals surface area contributed by atoms with E-state index in [1.165, 1.54) is 30.3 Å². The number of carbonyl (C=O) groups is 1. The zero-order valence-electron chi connectivity index (χ0n) is 12.9. The van der Waals surface area contributed by atoms with Gasteiger partial charge in [0.2, 0.25) is 5.78 Å². The maximum Gasteiger partial charge on any atom is 0.387 e. The highest BCUT2D eigenvalue weighted by Crippen LogP contribution is 2.29. The molecule has 0 aliphatic rings. The average Bonchev–Trinajstić information content (AvgIpc) is 2.54. The fourth-order valence-electron chi connectivity index (χ4n) is 2.00. The molecule has 0 amide bonds. The van der Waals surface area contributed by atoms with E-state index in [-0.39, 0.29) is 27.8 Å². The van der Waals surface area contributed by atoms with E-state index in [9.17, 15) is 23.7 Å². The third-order valence-electron chi connectivity index (χ3n) is 3.14. The smallest absolute Gasteiger partial charge is 0.387 e. The Morgan fingerprint density at radius 1 is 1.24 bits per heavy atom. The Labute approximate surface area is 146 Å². The number of benzene rings is 2. The molecule has 0 saturated carbocycles. The van der Waals surface area contributed by atoms with E-state index in [2.05, 4.69) is 4.74 Å². The topological polar surface area (TPSA) is 78.7 Å². The Hall–Kier alpha value is -2.74. The maximum absolute atomic E-state index is 12.4. The number of ether oxygens (including phenoxy) is 2. The molecule has 0 N–H and O–H groups in total. The summed E-state index contributed by atoms with van der Waals surface area (Å²) in [5.41, 5.74) is 0.395. The van der Waals surface area contributed by atoms with E-state index >= 15 is 0 Å². The van der Waals surface area contributed by atoms with E-state index < -0.39 is 23.9 Å². The summed E-state index contributed by atoms with van der Waals surface area (Å²) in [6.07, 6.45) is 0. The van der Waals surface area contributed by atoms with Crippen LogP contribution in [0.3, 0.4) is 0 Å². The van der Waals surface area contributed by atoms with Crippen LogP contribution in [-0.2, 0) is 0 Å². The lowest BCUT2D eigenvalue weighted by Crippen LogP contribution is -2.15. The van der Waals surface area contributed by atoms with Crippen LogP contribution in [0.5, 0.6) is 11.5 Å². The number of halogens is 3. The molecule has 2 aromatic rings. The summed E-state index contributed by atoms with van der Waals surface area (Å²) >= 11 is 5.86. The number of non-ortho nitro benzene ring substituents is 1. The summed E-state index contributed by atoms with van der Waals surface area (Å²) in [7, 11) is 0. The molecule has 0 saturated heterocycles. The molecule has 0 unspecified atom stereocenters. The van der Waals surface area contributed by atoms with E-state index in [1.54, 1.807) is 6.92 Å². The van der Waals surface area contributed by atoms with E-state index in [0.29, 0.717) is 5.56 Å². The molecule has 0 heterocycles.